The lowest BCUT2D eigenvalue weighted by molar-refractivity contribution is 0.0635. The van der Waals surface area contributed by atoms with Crippen LogP contribution in [0.25, 0.3) is 11.3 Å². The van der Waals surface area contributed by atoms with Gasteiger partial charge in [-0.1, -0.05) is 0 Å². The SMILES string of the molecule is CN1CCN(c2ccc(C(=O)Cc3cc(-c4ccco4)ccc3NC(=O)OC(C)(C)C)nc2)CC1. The molecule has 0 radical (unpaired) electrons. The Balaban J connectivity index is 1.53. The first-order valence-corrected chi connectivity index (χ1v) is 11.8. The van der Waals surface area contributed by atoms with Gasteiger partial charge in [-0.15, -0.1) is 0 Å². The second-order valence-corrected chi connectivity index (χ2v) is 9.77. The standard InChI is InChI=1S/C27H32N4O4/c1-27(2,3)35-26(33)29-22-9-7-19(25-6-5-15-34-25)16-20(22)17-24(32)23-10-8-21(18-28-23)31-13-11-30(4)12-14-31/h5-10,15-16,18H,11-14,17H2,1-4H3,(H,29,33). The zero-order valence-electron chi connectivity index (χ0n) is 20.7. The highest BCUT2D eigenvalue weighted by molar-refractivity contribution is 5.98. The molecule has 1 aliphatic heterocycles. The molecule has 0 atom stereocenters. The van der Waals surface area contributed by atoms with Gasteiger partial charge in [-0.25, -0.2) is 4.79 Å². The molecule has 0 bridgehead atoms. The number of furan rings is 1. The Morgan fingerprint density at radius 2 is 1.86 bits per heavy atom. The van der Waals surface area contributed by atoms with Crippen molar-refractivity contribution in [2.75, 3.05) is 43.4 Å². The zero-order valence-corrected chi connectivity index (χ0v) is 20.7. The van der Waals surface area contributed by atoms with E-state index in [2.05, 4.69) is 27.1 Å². The van der Waals surface area contributed by atoms with E-state index in [-0.39, 0.29) is 12.2 Å². The lowest BCUT2D eigenvalue weighted by Gasteiger charge is -2.33. The van der Waals surface area contributed by atoms with Gasteiger partial charge in [0.25, 0.3) is 0 Å². The molecule has 0 aliphatic carbocycles. The van der Waals surface area contributed by atoms with Crippen molar-refractivity contribution in [3.05, 3.63) is 66.2 Å². The van der Waals surface area contributed by atoms with Crippen molar-refractivity contribution < 1.29 is 18.7 Å². The number of benzene rings is 1. The number of carbonyl (C=O) groups excluding carboxylic acids is 2. The third-order valence-corrected chi connectivity index (χ3v) is 5.80. The van der Waals surface area contributed by atoms with E-state index in [9.17, 15) is 9.59 Å². The van der Waals surface area contributed by atoms with Gasteiger partial charge in [0.05, 0.1) is 18.1 Å². The van der Waals surface area contributed by atoms with E-state index < -0.39 is 11.7 Å². The van der Waals surface area contributed by atoms with E-state index in [0.717, 1.165) is 37.4 Å². The monoisotopic (exact) mass is 476 g/mol. The van der Waals surface area contributed by atoms with E-state index >= 15 is 0 Å². The van der Waals surface area contributed by atoms with Gasteiger partial charge < -0.3 is 19.0 Å². The molecule has 1 aliphatic rings. The Morgan fingerprint density at radius 3 is 2.49 bits per heavy atom. The summed E-state index contributed by atoms with van der Waals surface area (Å²) in [5.74, 6) is 0.538. The molecule has 35 heavy (non-hydrogen) atoms. The summed E-state index contributed by atoms with van der Waals surface area (Å²) in [5.41, 5.74) is 2.74. The largest absolute Gasteiger partial charge is 0.464 e. The zero-order chi connectivity index (χ0) is 25.0. The summed E-state index contributed by atoms with van der Waals surface area (Å²) >= 11 is 0. The van der Waals surface area contributed by atoms with Crippen LogP contribution in [0.15, 0.2) is 59.3 Å². The molecule has 2 aromatic heterocycles. The molecule has 1 fully saturated rings. The highest BCUT2D eigenvalue weighted by Crippen LogP contribution is 2.27. The topological polar surface area (TPSA) is 87.9 Å². The number of carbonyl (C=O) groups is 2. The maximum absolute atomic E-state index is 13.2. The number of pyridine rings is 1. The molecule has 0 unspecified atom stereocenters. The predicted molar refractivity (Wildman–Crippen MR) is 136 cm³/mol. The Morgan fingerprint density at radius 1 is 1.09 bits per heavy atom. The minimum absolute atomic E-state index is 0.0700. The van der Waals surface area contributed by atoms with Crippen molar-refractivity contribution in [2.45, 2.75) is 32.8 Å². The summed E-state index contributed by atoms with van der Waals surface area (Å²) in [6, 6.07) is 12.8. The van der Waals surface area contributed by atoms with Crippen LogP contribution < -0.4 is 10.2 Å². The number of piperazine rings is 1. The molecule has 4 rings (SSSR count). The molecular weight excluding hydrogens is 444 g/mol. The first-order chi connectivity index (χ1) is 16.7. The predicted octanol–water partition coefficient (Wildman–Crippen LogP) is 4.87. The molecule has 1 amide bonds. The van der Waals surface area contributed by atoms with Crippen LogP contribution in [0.5, 0.6) is 0 Å². The minimum atomic E-state index is -0.635. The van der Waals surface area contributed by atoms with Crippen LogP contribution in [0.4, 0.5) is 16.2 Å². The second-order valence-electron chi connectivity index (χ2n) is 9.77. The number of likely N-dealkylation sites (N-methyl/N-ethyl adjacent to an activating group) is 1. The lowest BCUT2D eigenvalue weighted by Crippen LogP contribution is -2.44. The van der Waals surface area contributed by atoms with E-state index in [1.807, 2.05) is 24.3 Å². The van der Waals surface area contributed by atoms with Crippen molar-refractivity contribution in [1.29, 1.82) is 0 Å². The van der Waals surface area contributed by atoms with Gasteiger partial charge in [-0.05, 0) is 75.8 Å². The van der Waals surface area contributed by atoms with Crippen LogP contribution in [0.3, 0.4) is 0 Å². The van der Waals surface area contributed by atoms with Gasteiger partial charge in [0.2, 0.25) is 0 Å². The number of rotatable bonds is 6. The van der Waals surface area contributed by atoms with Crippen LogP contribution in [-0.4, -0.2) is 60.6 Å². The molecule has 0 spiro atoms. The molecule has 1 aromatic carbocycles. The van der Waals surface area contributed by atoms with E-state index in [0.29, 0.717) is 22.7 Å². The fourth-order valence-electron chi connectivity index (χ4n) is 3.94. The Hall–Kier alpha value is -3.65. The quantitative estimate of drug-likeness (QED) is 0.508. The molecule has 0 saturated carbocycles. The van der Waals surface area contributed by atoms with Crippen molar-refractivity contribution >= 4 is 23.3 Å². The average Bonchev–Trinajstić information content (AvgIpc) is 3.35. The lowest BCUT2D eigenvalue weighted by atomic mass is 10.0. The number of hydrogen-bond acceptors (Lipinski definition) is 7. The summed E-state index contributed by atoms with van der Waals surface area (Å²) in [4.78, 5) is 34.6. The minimum Gasteiger partial charge on any atom is -0.464 e. The number of aromatic nitrogens is 1. The van der Waals surface area contributed by atoms with Crippen LogP contribution in [0, 0.1) is 0 Å². The Bertz CT molecular complexity index is 1160. The number of nitrogens with zero attached hydrogens (tertiary/aromatic N) is 3. The maximum atomic E-state index is 13.2. The number of ketones is 1. The number of nitrogens with one attached hydrogen (secondary N) is 1. The van der Waals surface area contributed by atoms with E-state index in [4.69, 9.17) is 9.15 Å². The summed E-state index contributed by atoms with van der Waals surface area (Å²) in [6.45, 7) is 9.27. The summed E-state index contributed by atoms with van der Waals surface area (Å²) in [5, 5.41) is 2.78. The Kier molecular flexibility index (Phi) is 7.21. The summed E-state index contributed by atoms with van der Waals surface area (Å²) in [6.07, 6.45) is 2.85. The fourth-order valence-corrected chi connectivity index (χ4v) is 3.94. The van der Waals surface area contributed by atoms with Gasteiger partial charge in [0, 0.05) is 43.9 Å². The first kappa shape index (κ1) is 24.5. The highest BCUT2D eigenvalue weighted by Gasteiger charge is 2.20. The third-order valence-electron chi connectivity index (χ3n) is 5.80. The van der Waals surface area contributed by atoms with E-state index in [1.54, 1.807) is 51.4 Å². The molecule has 3 aromatic rings. The van der Waals surface area contributed by atoms with Crippen LogP contribution >= 0.6 is 0 Å². The Labute approximate surface area is 205 Å². The molecule has 8 heteroatoms. The fraction of sp³-hybridized carbons (Fsp3) is 0.370. The maximum Gasteiger partial charge on any atom is 0.412 e. The molecule has 1 N–H and O–H groups in total. The number of anilines is 2. The van der Waals surface area contributed by atoms with E-state index in [1.165, 1.54) is 0 Å². The number of ether oxygens (including phenoxy) is 1. The van der Waals surface area contributed by atoms with Crippen molar-refractivity contribution in [2.24, 2.45) is 0 Å². The van der Waals surface area contributed by atoms with Crippen molar-refractivity contribution in [1.82, 2.24) is 9.88 Å². The summed E-state index contributed by atoms with van der Waals surface area (Å²) in [7, 11) is 2.12. The molecule has 1 saturated heterocycles. The van der Waals surface area contributed by atoms with Crippen LogP contribution in [0.1, 0.15) is 36.8 Å². The van der Waals surface area contributed by atoms with Gasteiger partial charge in [0.15, 0.2) is 5.78 Å². The average molecular weight is 477 g/mol. The van der Waals surface area contributed by atoms with Gasteiger partial charge in [-0.3, -0.25) is 15.1 Å². The molecule has 3 heterocycles. The van der Waals surface area contributed by atoms with Crippen molar-refractivity contribution in [3.63, 3.8) is 0 Å². The highest BCUT2D eigenvalue weighted by atomic mass is 16.6. The van der Waals surface area contributed by atoms with Crippen molar-refractivity contribution in [3.8, 4) is 11.3 Å². The van der Waals surface area contributed by atoms with Gasteiger partial charge >= 0.3 is 6.09 Å². The number of amides is 1. The normalized spacial score (nSPS) is 14.6. The third kappa shape index (κ3) is 6.48. The van der Waals surface area contributed by atoms with Gasteiger partial charge in [0.1, 0.15) is 17.1 Å². The second kappa shape index (κ2) is 10.3. The number of hydrogen-bond donors (Lipinski definition) is 1. The summed E-state index contributed by atoms with van der Waals surface area (Å²) < 4.78 is 10.9. The smallest absolute Gasteiger partial charge is 0.412 e. The van der Waals surface area contributed by atoms with Crippen LogP contribution in [-0.2, 0) is 11.2 Å². The molecule has 184 valence electrons. The number of Topliss-reactive ketones (excluding diaryl/α,β-unsaturated/α-hetero) is 1. The van der Waals surface area contributed by atoms with Gasteiger partial charge in [-0.2, -0.15) is 0 Å². The van der Waals surface area contributed by atoms with Crippen LogP contribution in [0.2, 0.25) is 0 Å². The molecular formula is C27H32N4O4. The molecule has 8 nitrogen and oxygen atoms in total. The first-order valence-electron chi connectivity index (χ1n) is 11.8.